The Hall–Kier alpha value is -1.48. The zero-order valence-corrected chi connectivity index (χ0v) is 12.9. The first-order valence-corrected chi connectivity index (χ1v) is 6.82. The van der Waals surface area contributed by atoms with Crippen LogP contribution >= 0.6 is 0 Å². The van der Waals surface area contributed by atoms with Crippen molar-refractivity contribution < 1.29 is 33.3 Å². The normalized spacial score (nSPS) is 17.8. The summed E-state index contributed by atoms with van der Waals surface area (Å²) in [5.41, 5.74) is -1.83. The number of ether oxygens (including phenoxy) is 1. The van der Waals surface area contributed by atoms with Crippen LogP contribution in [0.15, 0.2) is 0 Å². The Labute approximate surface area is 127 Å². The second-order valence-electron chi connectivity index (χ2n) is 6.55. The number of hydrogen-bond acceptors (Lipinski definition) is 5. The van der Waals surface area contributed by atoms with E-state index in [-0.39, 0.29) is 13.1 Å². The van der Waals surface area contributed by atoms with Gasteiger partial charge in [0.15, 0.2) is 0 Å². The number of aliphatic hydroxyl groups is 1. The van der Waals surface area contributed by atoms with E-state index in [1.54, 1.807) is 20.8 Å². The Morgan fingerprint density at radius 3 is 2.27 bits per heavy atom. The van der Waals surface area contributed by atoms with Crippen LogP contribution in [0, 0.1) is 0 Å². The molecule has 1 fully saturated rings. The van der Waals surface area contributed by atoms with E-state index in [9.17, 15) is 18.4 Å². The summed E-state index contributed by atoms with van der Waals surface area (Å²) in [6.07, 6.45) is -1.03. The Bertz CT molecular complexity index is 431. The summed E-state index contributed by atoms with van der Waals surface area (Å²) in [5, 5.41) is 19.9. The molecule has 0 aromatic rings. The van der Waals surface area contributed by atoms with Crippen LogP contribution in [0.25, 0.3) is 0 Å². The van der Waals surface area contributed by atoms with Crippen LogP contribution in [0.4, 0.5) is 13.6 Å². The Morgan fingerprint density at radius 1 is 1.32 bits per heavy atom. The summed E-state index contributed by atoms with van der Waals surface area (Å²) in [4.78, 5) is 24.0. The maximum absolute atomic E-state index is 13.1. The molecule has 0 unspecified atom stereocenters. The topological polar surface area (TPSA) is 99.1 Å². The average molecular weight is 324 g/mol. The molecule has 0 bridgehead atoms. The molecule has 1 rings (SSSR count). The van der Waals surface area contributed by atoms with E-state index in [1.165, 1.54) is 4.90 Å². The predicted octanol–water partition coefficient (Wildman–Crippen LogP) is 0.668. The fourth-order valence-electron chi connectivity index (χ4n) is 2.09. The molecule has 0 saturated carbocycles. The summed E-state index contributed by atoms with van der Waals surface area (Å²) < 4.78 is 31.3. The minimum absolute atomic E-state index is 0.0459. The lowest BCUT2D eigenvalue weighted by molar-refractivity contribution is -0.141. The van der Waals surface area contributed by atoms with E-state index in [0.29, 0.717) is 0 Å². The number of carboxylic acids is 1. The molecular weight excluding hydrogens is 302 g/mol. The molecule has 1 amide bonds. The molecule has 1 saturated heterocycles. The van der Waals surface area contributed by atoms with Crippen molar-refractivity contribution >= 4 is 12.1 Å². The number of nitrogens with zero attached hydrogens (tertiary/aromatic N) is 1. The fourth-order valence-corrected chi connectivity index (χ4v) is 2.09. The largest absolute Gasteiger partial charge is 0.481 e. The Balaban J connectivity index is 2.63. The quantitative estimate of drug-likeness (QED) is 0.664. The lowest BCUT2D eigenvalue weighted by Crippen LogP contribution is -2.72. The van der Waals surface area contributed by atoms with Crippen LogP contribution in [-0.2, 0) is 9.53 Å². The molecule has 0 spiro atoms. The van der Waals surface area contributed by atoms with Crippen LogP contribution in [0.1, 0.15) is 27.2 Å². The van der Waals surface area contributed by atoms with Crippen molar-refractivity contribution in [1.29, 1.82) is 0 Å². The molecular formula is C13H22F2N2O5. The number of carbonyl (C=O) groups excluding carboxylic acids is 1. The van der Waals surface area contributed by atoms with Gasteiger partial charge in [0, 0.05) is 13.1 Å². The number of halogens is 2. The SMILES string of the molecule is CC(C)(C)OC(=O)N1CC(CC(=O)O)(NCC(F)(F)CO)C1. The number of alkyl halides is 2. The van der Waals surface area contributed by atoms with Crippen LogP contribution in [0.3, 0.4) is 0 Å². The zero-order valence-electron chi connectivity index (χ0n) is 12.9. The van der Waals surface area contributed by atoms with Gasteiger partial charge in [0.05, 0.1) is 18.5 Å². The maximum Gasteiger partial charge on any atom is 0.410 e. The van der Waals surface area contributed by atoms with E-state index in [2.05, 4.69) is 5.32 Å². The van der Waals surface area contributed by atoms with E-state index in [1.807, 2.05) is 0 Å². The summed E-state index contributed by atoms with van der Waals surface area (Å²) in [5.74, 6) is -4.51. The zero-order chi connectivity index (χ0) is 17.2. The van der Waals surface area contributed by atoms with Gasteiger partial charge in [0.25, 0.3) is 5.92 Å². The van der Waals surface area contributed by atoms with Gasteiger partial charge in [0.1, 0.15) is 12.2 Å². The minimum atomic E-state index is -3.35. The molecule has 9 heteroatoms. The van der Waals surface area contributed by atoms with Crippen LogP contribution < -0.4 is 5.32 Å². The third-order valence-corrected chi connectivity index (χ3v) is 3.08. The number of nitrogens with one attached hydrogen (secondary N) is 1. The van der Waals surface area contributed by atoms with Gasteiger partial charge in [-0.05, 0) is 20.8 Å². The van der Waals surface area contributed by atoms with Crippen molar-refractivity contribution in [1.82, 2.24) is 10.2 Å². The molecule has 0 aromatic heterocycles. The summed E-state index contributed by atoms with van der Waals surface area (Å²) in [6.45, 7) is 2.78. The summed E-state index contributed by atoms with van der Waals surface area (Å²) >= 11 is 0. The van der Waals surface area contributed by atoms with Crippen molar-refractivity contribution in [2.45, 2.75) is 44.3 Å². The molecule has 7 nitrogen and oxygen atoms in total. The molecule has 1 heterocycles. The number of carbonyl (C=O) groups is 2. The van der Waals surface area contributed by atoms with E-state index >= 15 is 0 Å². The third-order valence-electron chi connectivity index (χ3n) is 3.08. The molecule has 3 N–H and O–H groups in total. The van der Waals surface area contributed by atoms with Gasteiger partial charge in [-0.15, -0.1) is 0 Å². The van der Waals surface area contributed by atoms with Crippen LogP contribution in [0.5, 0.6) is 0 Å². The number of aliphatic carboxylic acids is 1. The number of amides is 1. The summed E-state index contributed by atoms with van der Waals surface area (Å²) in [6, 6.07) is 0. The van der Waals surface area contributed by atoms with E-state index in [0.717, 1.165) is 0 Å². The fraction of sp³-hybridized carbons (Fsp3) is 0.846. The standard InChI is InChI=1S/C13H22F2N2O5/c1-11(2,3)22-10(21)17-6-12(7-17,4-9(19)20)16-5-13(14,15)8-18/h16,18H,4-8H2,1-3H3,(H,19,20). The minimum Gasteiger partial charge on any atom is -0.481 e. The van der Waals surface area contributed by atoms with Gasteiger partial charge >= 0.3 is 12.1 Å². The Morgan fingerprint density at radius 2 is 1.86 bits per heavy atom. The number of rotatable bonds is 6. The maximum atomic E-state index is 13.1. The van der Waals surface area contributed by atoms with Gasteiger partial charge in [-0.1, -0.05) is 0 Å². The van der Waals surface area contributed by atoms with Crippen molar-refractivity contribution in [3.63, 3.8) is 0 Å². The highest BCUT2D eigenvalue weighted by Crippen LogP contribution is 2.27. The van der Waals surface area contributed by atoms with Gasteiger partial charge in [-0.25, -0.2) is 13.6 Å². The van der Waals surface area contributed by atoms with Crippen molar-refractivity contribution in [3.8, 4) is 0 Å². The van der Waals surface area contributed by atoms with Gasteiger partial charge in [-0.2, -0.15) is 0 Å². The van der Waals surface area contributed by atoms with E-state index < -0.39 is 48.7 Å². The molecule has 0 aromatic carbocycles. The number of hydrogen-bond donors (Lipinski definition) is 3. The number of carboxylic acid groups (broad SMARTS) is 1. The average Bonchev–Trinajstić information content (AvgIpc) is 2.29. The van der Waals surface area contributed by atoms with E-state index in [4.69, 9.17) is 14.9 Å². The number of aliphatic hydroxyl groups excluding tert-OH is 1. The smallest absolute Gasteiger partial charge is 0.410 e. The third kappa shape index (κ3) is 5.38. The highest BCUT2D eigenvalue weighted by Gasteiger charge is 2.49. The molecule has 0 aliphatic carbocycles. The van der Waals surface area contributed by atoms with Crippen molar-refractivity contribution in [2.75, 3.05) is 26.2 Å². The van der Waals surface area contributed by atoms with Crippen LogP contribution in [0.2, 0.25) is 0 Å². The predicted molar refractivity (Wildman–Crippen MR) is 72.8 cm³/mol. The van der Waals surface area contributed by atoms with Crippen molar-refractivity contribution in [3.05, 3.63) is 0 Å². The molecule has 1 aliphatic rings. The van der Waals surface area contributed by atoms with Crippen LogP contribution in [-0.4, -0.2) is 70.5 Å². The van der Waals surface area contributed by atoms with Gasteiger partial charge in [0.2, 0.25) is 0 Å². The first-order valence-electron chi connectivity index (χ1n) is 6.82. The highest BCUT2D eigenvalue weighted by molar-refractivity contribution is 5.73. The molecule has 22 heavy (non-hydrogen) atoms. The molecule has 128 valence electrons. The molecule has 0 radical (unpaired) electrons. The first kappa shape index (κ1) is 18.6. The Kier molecular flexibility index (Phi) is 5.34. The number of likely N-dealkylation sites (tertiary alicyclic amines) is 1. The lowest BCUT2D eigenvalue weighted by atomic mass is 9.86. The highest BCUT2D eigenvalue weighted by atomic mass is 19.3. The molecule has 1 aliphatic heterocycles. The lowest BCUT2D eigenvalue weighted by Gasteiger charge is -2.50. The van der Waals surface area contributed by atoms with Gasteiger partial charge < -0.3 is 25.2 Å². The summed E-state index contributed by atoms with van der Waals surface area (Å²) in [7, 11) is 0. The first-order chi connectivity index (χ1) is 9.88. The van der Waals surface area contributed by atoms with Crippen molar-refractivity contribution in [2.24, 2.45) is 0 Å². The monoisotopic (exact) mass is 324 g/mol. The second-order valence-corrected chi connectivity index (χ2v) is 6.55. The van der Waals surface area contributed by atoms with Gasteiger partial charge in [-0.3, -0.25) is 4.79 Å². The molecule has 0 atom stereocenters. The second kappa shape index (κ2) is 6.33.